The van der Waals surface area contributed by atoms with Crippen LogP contribution in [0.3, 0.4) is 0 Å². The summed E-state index contributed by atoms with van der Waals surface area (Å²) in [6, 6.07) is 10.2. The smallest absolute Gasteiger partial charge is 0.407 e. The van der Waals surface area contributed by atoms with Crippen LogP contribution < -0.4 is 5.32 Å². The number of nitrogens with zero attached hydrogens (tertiary/aromatic N) is 3. The molecule has 2 atom stereocenters. The van der Waals surface area contributed by atoms with E-state index in [9.17, 15) is 13.2 Å². The fraction of sp³-hybridized carbons (Fsp3) is 0.400. The summed E-state index contributed by atoms with van der Waals surface area (Å²) < 4.78 is 34.6. The summed E-state index contributed by atoms with van der Waals surface area (Å²) in [6.07, 6.45) is 3.63. The molecule has 3 aromatic heterocycles. The molecule has 184 valence electrons. The quantitative estimate of drug-likeness (QED) is 0.425. The Labute approximate surface area is 203 Å². The van der Waals surface area contributed by atoms with Crippen LogP contribution in [0, 0.1) is 6.92 Å². The molecule has 10 heteroatoms. The fourth-order valence-corrected chi connectivity index (χ4v) is 6.24. The summed E-state index contributed by atoms with van der Waals surface area (Å²) >= 11 is 0. The summed E-state index contributed by atoms with van der Waals surface area (Å²) in [5, 5.41) is 3.73. The molecule has 9 nitrogen and oxygen atoms in total. The van der Waals surface area contributed by atoms with E-state index in [4.69, 9.17) is 9.72 Å². The van der Waals surface area contributed by atoms with Crippen LogP contribution in [0.15, 0.2) is 52.5 Å². The lowest BCUT2D eigenvalue weighted by Crippen LogP contribution is -2.38. The maximum Gasteiger partial charge on any atom is 0.407 e. The molecule has 4 aromatic rings. The van der Waals surface area contributed by atoms with Gasteiger partial charge >= 0.3 is 6.09 Å². The van der Waals surface area contributed by atoms with Gasteiger partial charge in [0.05, 0.1) is 10.4 Å². The molecule has 1 amide bonds. The Hall–Kier alpha value is -3.40. The Morgan fingerprint density at radius 1 is 1.14 bits per heavy atom. The summed E-state index contributed by atoms with van der Waals surface area (Å²) in [4.78, 5) is 24.7. The second-order valence-corrected chi connectivity index (χ2v) is 11.9. The number of aromatic amines is 1. The number of rotatable bonds is 4. The van der Waals surface area contributed by atoms with Gasteiger partial charge in [0.25, 0.3) is 0 Å². The Balaban J connectivity index is 1.56. The molecular formula is C25H29N5O4S. The zero-order chi connectivity index (χ0) is 25.0. The summed E-state index contributed by atoms with van der Waals surface area (Å²) in [7, 11) is -3.89. The van der Waals surface area contributed by atoms with E-state index in [1.807, 2.05) is 33.8 Å². The summed E-state index contributed by atoms with van der Waals surface area (Å²) in [5.74, 6) is 0.711. The third kappa shape index (κ3) is 4.27. The number of carbonyl (C=O) groups is 1. The van der Waals surface area contributed by atoms with Crippen LogP contribution in [0.1, 0.15) is 51.9 Å². The second-order valence-electron chi connectivity index (χ2n) is 10.0. The minimum Gasteiger partial charge on any atom is -0.444 e. The number of alkyl carbamates (subject to hydrolysis) is 1. The molecular weight excluding hydrogens is 466 g/mol. The van der Waals surface area contributed by atoms with E-state index in [0.29, 0.717) is 23.4 Å². The number of amides is 1. The predicted molar refractivity (Wildman–Crippen MR) is 132 cm³/mol. The zero-order valence-electron chi connectivity index (χ0n) is 20.2. The molecule has 1 aliphatic carbocycles. The number of pyridine rings is 1. The van der Waals surface area contributed by atoms with Gasteiger partial charge in [0.1, 0.15) is 22.6 Å². The first-order valence-corrected chi connectivity index (χ1v) is 13.2. The first kappa shape index (κ1) is 23.3. The van der Waals surface area contributed by atoms with E-state index >= 15 is 0 Å². The molecule has 0 aliphatic heterocycles. The largest absolute Gasteiger partial charge is 0.444 e. The van der Waals surface area contributed by atoms with Crippen molar-refractivity contribution in [3.63, 3.8) is 0 Å². The van der Waals surface area contributed by atoms with E-state index in [0.717, 1.165) is 23.7 Å². The van der Waals surface area contributed by atoms with Crippen LogP contribution in [0.4, 0.5) is 4.79 Å². The Morgan fingerprint density at radius 2 is 1.89 bits per heavy atom. The van der Waals surface area contributed by atoms with E-state index in [-0.39, 0.29) is 22.0 Å². The van der Waals surface area contributed by atoms with Crippen LogP contribution in [0.25, 0.3) is 22.1 Å². The van der Waals surface area contributed by atoms with Crippen molar-refractivity contribution in [1.29, 1.82) is 0 Å². The molecule has 5 rings (SSSR count). The predicted octanol–water partition coefficient (Wildman–Crippen LogP) is 4.67. The van der Waals surface area contributed by atoms with Crippen molar-refractivity contribution >= 4 is 38.0 Å². The Kier molecular flexibility index (Phi) is 5.58. The lowest BCUT2D eigenvalue weighted by atomic mass is 10.2. The van der Waals surface area contributed by atoms with Crippen molar-refractivity contribution in [2.45, 2.75) is 74.6 Å². The van der Waals surface area contributed by atoms with Crippen molar-refractivity contribution in [3.8, 4) is 0 Å². The molecule has 0 spiro atoms. The lowest BCUT2D eigenvalue weighted by molar-refractivity contribution is 0.0505. The second kappa shape index (κ2) is 8.37. The zero-order valence-corrected chi connectivity index (χ0v) is 21.0. The molecule has 1 aromatic carbocycles. The lowest BCUT2D eigenvalue weighted by Gasteiger charge is -2.22. The molecule has 1 fully saturated rings. The Morgan fingerprint density at radius 3 is 2.60 bits per heavy atom. The van der Waals surface area contributed by atoms with Gasteiger partial charge in [-0.05, 0) is 65.2 Å². The molecule has 0 saturated heterocycles. The highest BCUT2D eigenvalue weighted by atomic mass is 32.2. The van der Waals surface area contributed by atoms with Gasteiger partial charge in [0, 0.05) is 23.7 Å². The normalized spacial score (nSPS) is 18.9. The van der Waals surface area contributed by atoms with E-state index in [1.54, 1.807) is 36.5 Å². The number of H-pyrrole nitrogens is 1. The fourth-order valence-electron chi connectivity index (χ4n) is 4.89. The highest BCUT2D eigenvalue weighted by Gasteiger charge is 2.33. The minimum atomic E-state index is -3.89. The number of aryl methyl sites for hydroxylation is 1. The van der Waals surface area contributed by atoms with Crippen LogP contribution >= 0.6 is 0 Å². The molecule has 2 N–H and O–H groups in total. The van der Waals surface area contributed by atoms with Gasteiger partial charge in [-0.3, -0.25) is 0 Å². The van der Waals surface area contributed by atoms with Crippen molar-refractivity contribution in [1.82, 2.24) is 24.8 Å². The standard InChI is InChI=1S/C25H29N5O4S/c1-15-27-20-21(30(15)17-11-10-16(14-17)28-24(31)34-25(2,3)4)19-12-13-26-22(19)29-23(20)35(32,33)18-8-6-5-7-9-18/h5-9,12-13,16-17H,10-11,14H2,1-4H3,(H,26,29)(H,28,31). The van der Waals surface area contributed by atoms with Gasteiger partial charge in [-0.15, -0.1) is 0 Å². The SMILES string of the molecule is Cc1nc2c(S(=O)(=O)c3ccccc3)nc3[nH]ccc3c2n1C1CCC(NC(=O)OC(C)(C)C)C1. The van der Waals surface area contributed by atoms with Gasteiger partial charge in [0.2, 0.25) is 9.84 Å². The molecule has 2 unspecified atom stereocenters. The minimum absolute atomic E-state index is 0.0391. The monoisotopic (exact) mass is 495 g/mol. The average molecular weight is 496 g/mol. The van der Waals surface area contributed by atoms with Gasteiger partial charge in [-0.1, -0.05) is 18.2 Å². The van der Waals surface area contributed by atoms with Crippen LogP contribution in [0.2, 0.25) is 0 Å². The van der Waals surface area contributed by atoms with E-state index < -0.39 is 21.5 Å². The molecule has 0 bridgehead atoms. The third-order valence-corrected chi connectivity index (χ3v) is 7.97. The maximum atomic E-state index is 13.6. The molecule has 1 saturated carbocycles. The van der Waals surface area contributed by atoms with Gasteiger partial charge in [-0.2, -0.15) is 0 Å². The van der Waals surface area contributed by atoms with E-state index in [1.165, 1.54) is 0 Å². The highest BCUT2D eigenvalue weighted by Crippen LogP contribution is 2.38. The van der Waals surface area contributed by atoms with Crippen molar-refractivity contribution in [2.75, 3.05) is 0 Å². The summed E-state index contributed by atoms with van der Waals surface area (Å²) in [6.45, 7) is 7.39. The number of imidazole rings is 1. The first-order chi connectivity index (χ1) is 16.5. The third-order valence-electron chi connectivity index (χ3n) is 6.28. The van der Waals surface area contributed by atoms with E-state index in [2.05, 4.69) is 19.9 Å². The molecule has 3 heterocycles. The Bertz CT molecular complexity index is 1520. The molecule has 35 heavy (non-hydrogen) atoms. The van der Waals surface area contributed by atoms with Gasteiger partial charge in [0.15, 0.2) is 5.03 Å². The topological polar surface area (TPSA) is 119 Å². The van der Waals surface area contributed by atoms with Crippen LogP contribution in [-0.4, -0.2) is 45.7 Å². The van der Waals surface area contributed by atoms with Gasteiger partial charge < -0.3 is 19.6 Å². The molecule has 1 aliphatic rings. The number of benzene rings is 1. The highest BCUT2D eigenvalue weighted by molar-refractivity contribution is 7.91. The maximum absolute atomic E-state index is 13.6. The number of ether oxygens (including phenoxy) is 1. The van der Waals surface area contributed by atoms with Crippen molar-refractivity contribution in [2.24, 2.45) is 0 Å². The van der Waals surface area contributed by atoms with Crippen molar-refractivity contribution in [3.05, 3.63) is 48.4 Å². The number of carbonyl (C=O) groups excluding carboxylic acids is 1. The average Bonchev–Trinajstić information content (AvgIpc) is 3.50. The van der Waals surface area contributed by atoms with Crippen LogP contribution in [-0.2, 0) is 14.6 Å². The van der Waals surface area contributed by atoms with Gasteiger partial charge in [-0.25, -0.2) is 23.2 Å². The number of hydrogen-bond acceptors (Lipinski definition) is 6. The van der Waals surface area contributed by atoms with Crippen molar-refractivity contribution < 1.29 is 17.9 Å². The number of fused-ring (bicyclic) bond motifs is 3. The number of sulfone groups is 1. The van der Waals surface area contributed by atoms with Crippen LogP contribution in [0.5, 0.6) is 0 Å². The number of aromatic nitrogens is 4. The first-order valence-electron chi connectivity index (χ1n) is 11.7. The molecule has 0 radical (unpaired) electrons. The number of hydrogen-bond donors (Lipinski definition) is 2. The number of nitrogens with one attached hydrogen (secondary N) is 2. The summed E-state index contributed by atoms with van der Waals surface area (Å²) in [5.41, 5.74) is 1.04.